The number of fused-ring (bicyclic) bond motifs is 1. The lowest BCUT2D eigenvalue weighted by Gasteiger charge is -2.13. The van der Waals surface area contributed by atoms with Gasteiger partial charge in [0.15, 0.2) is 6.10 Å². The average molecular weight is 357 g/mol. The molecule has 0 spiro atoms. The van der Waals surface area contributed by atoms with E-state index in [-0.39, 0.29) is 6.42 Å². The van der Waals surface area contributed by atoms with Gasteiger partial charge in [0, 0.05) is 27.8 Å². The van der Waals surface area contributed by atoms with Crippen molar-refractivity contribution in [2.75, 3.05) is 5.32 Å². The molecule has 5 nitrogen and oxygen atoms in total. The van der Waals surface area contributed by atoms with E-state index in [2.05, 4.69) is 10.3 Å². The summed E-state index contributed by atoms with van der Waals surface area (Å²) < 4.78 is 5.24. The van der Waals surface area contributed by atoms with Gasteiger partial charge in [0.1, 0.15) is 0 Å². The molecule has 6 heteroatoms. The lowest BCUT2D eigenvalue weighted by atomic mass is 10.1. The van der Waals surface area contributed by atoms with Crippen LogP contribution < -0.4 is 5.32 Å². The molecule has 3 aromatic rings. The zero-order chi connectivity index (χ0) is 17.8. The van der Waals surface area contributed by atoms with Crippen LogP contribution in [-0.4, -0.2) is 23.0 Å². The maximum Gasteiger partial charge on any atom is 0.311 e. The molecule has 0 aliphatic rings. The maximum atomic E-state index is 12.1. The molecule has 0 aliphatic heterocycles. The molecule has 0 radical (unpaired) electrons. The van der Waals surface area contributed by atoms with Crippen LogP contribution in [0.25, 0.3) is 10.9 Å². The third-order valence-electron chi connectivity index (χ3n) is 3.80. The van der Waals surface area contributed by atoms with Crippen molar-refractivity contribution in [3.05, 3.63) is 65.3 Å². The number of carbonyl (C=O) groups is 2. The number of hydrogen-bond acceptors (Lipinski definition) is 3. The predicted molar refractivity (Wildman–Crippen MR) is 97.6 cm³/mol. The standard InChI is InChI=1S/C19H17ClN2O3/c1-12(19(24)22-15-8-6-14(20)7-9-15)25-18(23)10-13-11-21-17-5-3-2-4-16(13)17/h2-9,11-12,21H,10H2,1H3,(H,22,24)/t12-/m0/s1. The summed E-state index contributed by atoms with van der Waals surface area (Å²) in [5, 5.41) is 4.23. The number of ether oxygens (including phenoxy) is 1. The second kappa shape index (κ2) is 7.40. The van der Waals surface area contributed by atoms with Gasteiger partial charge in [0.2, 0.25) is 0 Å². The van der Waals surface area contributed by atoms with Crippen LogP contribution in [0.4, 0.5) is 5.69 Å². The molecule has 1 heterocycles. The Labute approximate surface area is 149 Å². The first-order valence-electron chi connectivity index (χ1n) is 7.84. The number of amides is 1. The third-order valence-corrected chi connectivity index (χ3v) is 4.05. The first-order chi connectivity index (χ1) is 12.0. The fourth-order valence-corrected chi connectivity index (χ4v) is 2.63. The molecule has 1 aromatic heterocycles. The van der Waals surface area contributed by atoms with E-state index < -0.39 is 18.0 Å². The van der Waals surface area contributed by atoms with Crippen molar-refractivity contribution >= 4 is 40.1 Å². The molecular weight excluding hydrogens is 340 g/mol. The topological polar surface area (TPSA) is 71.2 Å². The average Bonchev–Trinajstić information content (AvgIpc) is 3.00. The van der Waals surface area contributed by atoms with Crippen molar-refractivity contribution in [1.29, 1.82) is 0 Å². The van der Waals surface area contributed by atoms with Crippen molar-refractivity contribution in [2.24, 2.45) is 0 Å². The first kappa shape index (κ1) is 17.0. The highest BCUT2D eigenvalue weighted by atomic mass is 35.5. The van der Waals surface area contributed by atoms with E-state index in [1.54, 1.807) is 37.4 Å². The minimum absolute atomic E-state index is 0.0998. The lowest BCUT2D eigenvalue weighted by Crippen LogP contribution is -2.30. The van der Waals surface area contributed by atoms with Crippen LogP contribution in [0.5, 0.6) is 0 Å². The molecule has 0 fully saturated rings. The van der Waals surface area contributed by atoms with Crippen molar-refractivity contribution < 1.29 is 14.3 Å². The normalized spacial score (nSPS) is 11.9. The Hall–Kier alpha value is -2.79. The number of hydrogen-bond donors (Lipinski definition) is 2. The fraction of sp³-hybridized carbons (Fsp3) is 0.158. The summed E-state index contributed by atoms with van der Waals surface area (Å²) in [4.78, 5) is 27.4. The minimum Gasteiger partial charge on any atom is -0.452 e. The van der Waals surface area contributed by atoms with Gasteiger partial charge in [-0.3, -0.25) is 9.59 Å². The van der Waals surface area contributed by atoms with Gasteiger partial charge in [-0.15, -0.1) is 0 Å². The number of H-pyrrole nitrogens is 1. The van der Waals surface area contributed by atoms with Crippen molar-refractivity contribution in [3.63, 3.8) is 0 Å². The molecule has 0 saturated heterocycles. The SMILES string of the molecule is C[C@H](OC(=O)Cc1c[nH]c2ccccc12)C(=O)Nc1ccc(Cl)cc1. The molecule has 2 aromatic carbocycles. The Balaban J connectivity index is 1.58. The molecule has 2 N–H and O–H groups in total. The predicted octanol–water partition coefficient (Wildman–Crippen LogP) is 3.93. The number of rotatable bonds is 5. The highest BCUT2D eigenvalue weighted by molar-refractivity contribution is 6.30. The Bertz CT molecular complexity index is 902. The van der Waals surface area contributed by atoms with Crippen LogP contribution >= 0.6 is 11.6 Å². The summed E-state index contributed by atoms with van der Waals surface area (Å²) in [5.41, 5.74) is 2.39. The van der Waals surface area contributed by atoms with E-state index in [0.29, 0.717) is 10.7 Å². The first-order valence-corrected chi connectivity index (χ1v) is 8.21. The zero-order valence-corrected chi connectivity index (χ0v) is 14.3. The molecule has 3 rings (SSSR count). The van der Waals surface area contributed by atoms with Crippen LogP contribution in [0.1, 0.15) is 12.5 Å². The van der Waals surface area contributed by atoms with E-state index in [9.17, 15) is 9.59 Å². The minimum atomic E-state index is -0.895. The van der Waals surface area contributed by atoms with Gasteiger partial charge < -0.3 is 15.0 Å². The van der Waals surface area contributed by atoms with Crippen molar-refractivity contribution in [3.8, 4) is 0 Å². The zero-order valence-electron chi connectivity index (χ0n) is 13.6. The fourth-order valence-electron chi connectivity index (χ4n) is 2.50. The summed E-state index contributed by atoms with van der Waals surface area (Å²) in [5.74, 6) is -0.849. The number of aromatic amines is 1. The molecule has 1 atom stereocenters. The lowest BCUT2D eigenvalue weighted by molar-refractivity contribution is -0.152. The smallest absolute Gasteiger partial charge is 0.311 e. The molecule has 25 heavy (non-hydrogen) atoms. The van der Waals surface area contributed by atoms with Gasteiger partial charge in [-0.05, 0) is 42.8 Å². The Kier molecular flexibility index (Phi) is 5.05. The summed E-state index contributed by atoms with van der Waals surface area (Å²) in [6.45, 7) is 1.54. The number of benzene rings is 2. The van der Waals surface area contributed by atoms with Gasteiger partial charge in [-0.2, -0.15) is 0 Å². The summed E-state index contributed by atoms with van der Waals surface area (Å²) in [7, 11) is 0. The van der Waals surface area contributed by atoms with Crippen LogP contribution in [0.15, 0.2) is 54.7 Å². The van der Waals surface area contributed by atoms with Crippen LogP contribution in [0.2, 0.25) is 5.02 Å². The molecule has 1 amide bonds. The third kappa shape index (κ3) is 4.19. The molecule has 128 valence electrons. The van der Waals surface area contributed by atoms with E-state index in [4.69, 9.17) is 16.3 Å². The second-order valence-corrected chi connectivity index (χ2v) is 6.10. The van der Waals surface area contributed by atoms with E-state index >= 15 is 0 Å². The number of esters is 1. The molecule has 0 saturated carbocycles. The van der Waals surface area contributed by atoms with E-state index in [1.165, 1.54) is 0 Å². The van der Waals surface area contributed by atoms with Crippen molar-refractivity contribution in [1.82, 2.24) is 4.98 Å². The maximum absolute atomic E-state index is 12.1. The van der Waals surface area contributed by atoms with Crippen LogP contribution in [-0.2, 0) is 20.7 Å². The largest absolute Gasteiger partial charge is 0.452 e. The molecule has 0 aliphatic carbocycles. The Morgan fingerprint density at radius 1 is 1.16 bits per heavy atom. The number of nitrogens with one attached hydrogen (secondary N) is 2. The highest BCUT2D eigenvalue weighted by Crippen LogP contribution is 2.19. The molecule has 0 bridgehead atoms. The Morgan fingerprint density at radius 3 is 2.64 bits per heavy atom. The van der Waals surface area contributed by atoms with Gasteiger partial charge in [0.25, 0.3) is 5.91 Å². The number of halogens is 1. The molecule has 0 unspecified atom stereocenters. The van der Waals surface area contributed by atoms with Crippen LogP contribution in [0, 0.1) is 0 Å². The second-order valence-electron chi connectivity index (χ2n) is 5.66. The number of aromatic nitrogens is 1. The Morgan fingerprint density at radius 2 is 1.88 bits per heavy atom. The summed E-state index contributed by atoms with van der Waals surface area (Å²) >= 11 is 5.80. The summed E-state index contributed by atoms with van der Waals surface area (Å²) in [6.07, 6.45) is 0.987. The number of para-hydroxylation sites is 1. The van der Waals surface area contributed by atoms with Gasteiger partial charge in [-0.25, -0.2) is 0 Å². The van der Waals surface area contributed by atoms with E-state index in [1.807, 2.05) is 24.3 Å². The molecular formula is C19H17ClN2O3. The van der Waals surface area contributed by atoms with Crippen molar-refractivity contribution in [2.45, 2.75) is 19.4 Å². The monoisotopic (exact) mass is 356 g/mol. The van der Waals surface area contributed by atoms with Crippen LogP contribution in [0.3, 0.4) is 0 Å². The number of carbonyl (C=O) groups excluding carboxylic acids is 2. The highest BCUT2D eigenvalue weighted by Gasteiger charge is 2.19. The van der Waals surface area contributed by atoms with Gasteiger partial charge in [-0.1, -0.05) is 29.8 Å². The van der Waals surface area contributed by atoms with E-state index in [0.717, 1.165) is 16.5 Å². The quantitative estimate of drug-likeness (QED) is 0.680. The summed E-state index contributed by atoms with van der Waals surface area (Å²) in [6, 6.07) is 14.4. The van der Waals surface area contributed by atoms with Gasteiger partial charge >= 0.3 is 5.97 Å². The number of anilines is 1. The van der Waals surface area contributed by atoms with Gasteiger partial charge in [0.05, 0.1) is 6.42 Å².